The van der Waals surface area contributed by atoms with Gasteiger partial charge in [0.1, 0.15) is 0 Å². The minimum atomic E-state index is 1.10. The smallest absolute Gasteiger partial charge is 0.0542 e. The van der Waals surface area contributed by atoms with E-state index in [1.54, 1.807) is 0 Å². The van der Waals surface area contributed by atoms with Crippen LogP contribution in [0.1, 0.15) is 0 Å². The van der Waals surface area contributed by atoms with Gasteiger partial charge in [-0.1, -0.05) is 146 Å². The fourth-order valence-corrected chi connectivity index (χ4v) is 9.72. The summed E-state index contributed by atoms with van der Waals surface area (Å²) in [5, 5.41) is 5.10. The molecule has 0 fully saturated rings. The molecule has 11 aromatic rings. The first-order valence-corrected chi connectivity index (χ1v) is 20.2. The van der Waals surface area contributed by atoms with Gasteiger partial charge in [-0.05, 0) is 106 Å². The Bertz CT molecular complexity index is 3210. The first-order chi connectivity index (χ1) is 28.3. The van der Waals surface area contributed by atoms with Crippen molar-refractivity contribution in [3.63, 3.8) is 0 Å². The van der Waals surface area contributed by atoms with Gasteiger partial charge in [0, 0.05) is 53.7 Å². The van der Waals surface area contributed by atoms with Gasteiger partial charge in [0.2, 0.25) is 0 Å². The van der Waals surface area contributed by atoms with Crippen LogP contribution in [-0.2, 0) is 0 Å². The average molecular weight is 745 g/mol. The second-order valence-corrected chi connectivity index (χ2v) is 15.6. The van der Waals surface area contributed by atoms with E-state index in [2.05, 4.69) is 228 Å². The van der Waals surface area contributed by atoms with Crippen molar-refractivity contribution in [2.75, 3.05) is 4.90 Å². The number of aromatic nitrogens is 1. The molecular weight excluding hydrogens is 709 g/mol. The molecule has 3 heteroatoms. The molecule has 0 aliphatic carbocycles. The van der Waals surface area contributed by atoms with Crippen LogP contribution in [0.3, 0.4) is 0 Å². The molecule has 2 nitrogen and oxygen atoms in total. The summed E-state index contributed by atoms with van der Waals surface area (Å²) in [6.45, 7) is 0. The number of hydrogen-bond acceptors (Lipinski definition) is 2. The van der Waals surface area contributed by atoms with Crippen LogP contribution in [0.15, 0.2) is 218 Å². The van der Waals surface area contributed by atoms with E-state index in [0.717, 1.165) is 22.7 Å². The molecule has 0 radical (unpaired) electrons. The molecule has 0 amide bonds. The second kappa shape index (κ2) is 13.8. The van der Waals surface area contributed by atoms with Crippen LogP contribution in [0.25, 0.3) is 81.0 Å². The number of hydrogen-bond donors (Lipinski definition) is 0. The molecule has 0 aliphatic rings. The van der Waals surface area contributed by atoms with Gasteiger partial charge < -0.3 is 9.47 Å². The van der Waals surface area contributed by atoms with Crippen molar-refractivity contribution >= 4 is 70.4 Å². The first kappa shape index (κ1) is 33.2. The molecule has 0 saturated heterocycles. The Labute approximate surface area is 335 Å². The summed E-state index contributed by atoms with van der Waals surface area (Å²) in [6, 6.07) is 79.3. The van der Waals surface area contributed by atoms with E-state index < -0.39 is 0 Å². The summed E-state index contributed by atoms with van der Waals surface area (Å²) in [5.41, 5.74) is 14.2. The highest BCUT2D eigenvalue weighted by molar-refractivity contribution is 7.26. The van der Waals surface area contributed by atoms with Crippen LogP contribution < -0.4 is 4.90 Å². The number of benzene rings is 9. The standard InChI is InChI=1S/C54H36N2S/c1-3-13-37(14-4-1)38-25-29-43(30-26-38)55(45-33-34-52-50(36-45)47-19-7-9-23-51(47)56(52)42-17-5-2-6-18-42)44-31-27-39(28-32-44)40-15-11-16-41(35-40)46-21-12-22-49-48-20-8-10-24-53(48)57-54(46)49/h1-36H. The van der Waals surface area contributed by atoms with E-state index in [1.807, 2.05) is 11.3 Å². The van der Waals surface area contributed by atoms with Gasteiger partial charge in [0.15, 0.2) is 0 Å². The monoisotopic (exact) mass is 744 g/mol. The first-order valence-electron chi connectivity index (χ1n) is 19.4. The molecule has 11 rings (SSSR count). The van der Waals surface area contributed by atoms with Crippen LogP contribution in [0, 0.1) is 0 Å². The molecule has 2 heterocycles. The SMILES string of the molecule is c1ccc(-c2ccc(N(c3ccc(-c4cccc(-c5cccc6c5sc5ccccc56)c4)cc3)c3ccc4c(c3)c3ccccc3n4-c3ccccc3)cc2)cc1. The summed E-state index contributed by atoms with van der Waals surface area (Å²) in [4.78, 5) is 2.38. The molecule has 57 heavy (non-hydrogen) atoms. The number of thiophene rings is 1. The van der Waals surface area contributed by atoms with Gasteiger partial charge >= 0.3 is 0 Å². The molecule has 0 unspecified atom stereocenters. The third-order valence-corrected chi connectivity index (χ3v) is 12.4. The lowest BCUT2D eigenvalue weighted by molar-refractivity contribution is 1.18. The highest BCUT2D eigenvalue weighted by Crippen LogP contribution is 2.43. The van der Waals surface area contributed by atoms with Crippen LogP contribution >= 0.6 is 11.3 Å². The number of nitrogens with zero attached hydrogens (tertiary/aromatic N) is 2. The average Bonchev–Trinajstić information content (AvgIpc) is 3.83. The third-order valence-electron chi connectivity index (χ3n) is 11.2. The molecule has 0 spiro atoms. The fraction of sp³-hybridized carbons (Fsp3) is 0. The maximum Gasteiger partial charge on any atom is 0.0542 e. The molecule has 9 aromatic carbocycles. The zero-order chi connectivity index (χ0) is 37.7. The van der Waals surface area contributed by atoms with Crippen molar-refractivity contribution in [2.45, 2.75) is 0 Å². The van der Waals surface area contributed by atoms with Crippen LogP contribution in [-0.4, -0.2) is 4.57 Å². The predicted molar refractivity (Wildman–Crippen MR) is 245 cm³/mol. The van der Waals surface area contributed by atoms with Gasteiger partial charge in [-0.3, -0.25) is 0 Å². The maximum absolute atomic E-state index is 2.38. The highest BCUT2D eigenvalue weighted by Gasteiger charge is 2.18. The van der Waals surface area contributed by atoms with Gasteiger partial charge in [-0.15, -0.1) is 11.3 Å². The lowest BCUT2D eigenvalue weighted by atomic mass is 9.97. The largest absolute Gasteiger partial charge is 0.310 e. The number of para-hydroxylation sites is 2. The van der Waals surface area contributed by atoms with Crippen LogP contribution in [0.5, 0.6) is 0 Å². The van der Waals surface area contributed by atoms with Gasteiger partial charge in [0.25, 0.3) is 0 Å². The number of rotatable bonds is 7. The van der Waals surface area contributed by atoms with E-state index in [4.69, 9.17) is 0 Å². The topological polar surface area (TPSA) is 8.17 Å². The minimum Gasteiger partial charge on any atom is -0.310 e. The lowest BCUT2D eigenvalue weighted by Gasteiger charge is -2.26. The Hall–Kier alpha value is -7.20. The molecule has 0 bridgehead atoms. The van der Waals surface area contributed by atoms with Gasteiger partial charge in [-0.2, -0.15) is 0 Å². The Kier molecular flexibility index (Phi) is 8.04. The molecular formula is C54H36N2S. The Balaban J connectivity index is 1.01. The molecule has 0 saturated carbocycles. The van der Waals surface area contributed by atoms with Gasteiger partial charge in [-0.25, -0.2) is 0 Å². The summed E-state index contributed by atoms with van der Waals surface area (Å²) in [5.74, 6) is 0. The van der Waals surface area contributed by atoms with Crippen molar-refractivity contribution in [1.82, 2.24) is 4.57 Å². The van der Waals surface area contributed by atoms with Gasteiger partial charge in [0.05, 0.1) is 11.0 Å². The zero-order valence-electron chi connectivity index (χ0n) is 31.1. The quantitative estimate of drug-likeness (QED) is 0.158. The third kappa shape index (κ3) is 5.80. The molecule has 0 atom stereocenters. The number of anilines is 3. The highest BCUT2D eigenvalue weighted by atomic mass is 32.1. The normalized spacial score (nSPS) is 11.5. The predicted octanol–water partition coefficient (Wildman–Crippen LogP) is 15.6. The Morgan fingerprint density at radius 1 is 0.333 bits per heavy atom. The second-order valence-electron chi connectivity index (χ2n) is 14.5. The van der Waals surface area contributed by atoms with Crippen molar-refractivity contribution < 1.29 is 0 Å². The summed E-state index contributed by atoms with van der Waals surface area (Å²) in [6.07, 6.45) is 0. The summed E-state index contributed by atoms with van der Waals surface area (Å²) < 4.78 is 5.04. The summed E-state index contributed by atoms with van der Waals surface area (Å²) >= 11 is 1.88. The lowest BCUT2D eigenvalue weighted by Crippen LogP contribution is -2.10. The van der Waals surface area contributed by atoms with E-state index >= 15 is 0 Å². The molecule has 2 aromatic heterocycles. The van der Waals surface area contributed by atoms with E-state index in [-0.39, 0.29) is 0 Å². The zero-order valence-corrected chi connectivity index (χ0v) is 31.9. The Morgan fingerprint density at radius 3 is 1.65 bits per heavy atom. The molecule has 0 aliphatic heterocycles. The van der Waals surface area contributed by atoms with Crippen molar-refractivity contribution in [3.8, 4) is 39.1 Å². The maximum atomic E-state index is 2.38. The fourth-order valence-electron chi connectivity index (χ4n) is 8.48. The number of fused-ring (bicyclic) bond motifs is 6. The van der Waals surface area contributed by atoms with Crippen molar-refractivity contribution in [1.29, 1.82) is 0 Å². The minimum absolute atomic E-state index is 1.10. The van der Waals surface area contributed by atoms with Crippen molar-refractivity contribution in [3.05, 3.63) is 218 Å². The molecule has 0 N–H and O–H groups in total. The van der Waals surface area contributed by atoms with E-state index in [1.165, 1.54) is 75.4 Å². The summed E-state index contributed by atoms with van der Waals surface area (Å²) in [7, 11) is 0. The van der Waals surface area contributed by atoms with E-state index in [9.17, 15) is 0 Å². The van der Waals surface area contributed by atoms with E-state index in [0.29, 0.717) is 0 Å². The molecule has 268 valence electrons. The van der Waals surface area contributed by atoms with Crippen LogP contribution in [0.2, 0.25) is 0 Å². The van der Waals surface area contributed by atoms with Crippen molar-refractivity contribution in [2.24, 2.45) is 0 Å². The Morgan fingerprint density at radius 2 is 0.877 bits per heavy atom. The van der Waals surface area contributed by atoms with Crippen LogP contribution in [0.4, 0.5) is 17.1 Å².